The van der Waals surface area contributed by atoms with Crippen molar-refractivity contribution in [2.24, 2.45) is 0 Å². The van der Waals surface area contributed by atoms with Crippen LogP contribution in [0.5, 0.6) is 0 Å². The van der Waals surface area contributed by atoms with Crippen LogP contribution in [0.25, 0.3) is 0 Å². The summed E-state index contributed by atoms with van der Waals surface area (Å²) in [6, 6.07) is 0. The van der Waals surface area contributed by atoms with E-state index in [0.29, 0.717) is 5.82 Å². The second kappa shape index (κ2) is 5.94. The molecule has 0 radical (unpaired) electrons. The van der Waals surface area contributed by atoms with Gasteiger partial charge in [-0.2, -0.15) is 4.98 Å². The maximum atomic E-state index is 4.98. The summed E-state index contributed by atoms with van der Waals surface area (Å²) in [4.78, 5) is 4.12. The molecule has 0 amide bonds. The van der Waals surface area contributed by atoms with Gasteiger partial charge in [0.05, 0.1) is 0 Å². The number of alkyl halides is 1. The van der Waals surface area contributed by atoms with E-state index >= 15 is 0 Å². The van der Waals surface area contributed by atoms with Gasteiger partial charge in [-0.15, -0.1) is 0 Å². The summed E-state index contributed by atoms with van der Waals surface area (Å²) in [6.07, 6.45) is 2.21. The van der Waals surface area contributed by atoms with E-state index in [0.717, 1.165) is 18.7 Å². The zero-order valence-corrected chi connectivity index (χ0v) is 17.3. The second-order valence-corrected chi connectivity index (χ2v) is 49.6. The molecular formula is C7H9BrI3N2OV. The molecule has 1 aliphatic carbocycles. The molecular weight excluding hydrogens is 640 g/mol. The molecule has 0 N–H and O–H groups in total. The summed E-state index contributed by atoms with van der Waals surface area (Å²) < 4.78 is 3.80. The number of nitrogens with zero attached hydrogens (tertiary/aromatic N) is 2. The molecule has 8 heteroatoms. The third kappa shape index (κ3) is 6.68. The molecule has 2 rings (SSSR count). The van der Waals surface area contributed by atoms with Crippen LogP contribution < -0.4 is 0 Å². The standard InChI is InChI=1S/C6H7BrN2O.CH2.3HI.V/c1-4-8-5(10-9-4)6(7)2-3-6;;;;;/h2-3H2,1H3;1H2;3*1H;/q;;;;;+3/p-3. The summed E-state index contributed by atoms with van der Waals surface area (Å²) in [5, 5.41) is 7.61. The molecule has 15 heavy (non-hydrogen) atoms. The monoisotopic (exact) mass is 648 g/mol. The van der Waals surface area contributed by atoms with Crippen LogP contribution >= 0.6 is 75.9 Å². The zero-order valence-electron chi connectivity index (χ0n) is 7.88. The Bertz CT molecular complexity index is 379. The van der Waals surface area contributed by atoms with E-state index in [1.807, 2.05) is 6.92 Å². The molecule has 0 spiro atoms. The van der Waals surface area contributed by atoms with Gasteiger partial charge in [-0.3, -0.25) is 0 Å². The van der Waals surface area contributed by atoms with Gasteiger partial charge in [-0.05, 0) is 19.8 Å². The number of halogens is 4. The summed E-state index contributed by atoms with van der Waals surface area (Å²) in [6.45, 7) is 1.83. The molecule has 0 aliphatic heterocycles. The SMILES string of the molecule is Cc1noc(C2(Br)CC2)n1.[CH2]=[V]([I])([I])[I]. The minimum absolute atomic E-state index is 0.0360. The van der Waals surface area contributed by atoms with Crippen LogP contribution in [0.4, 0.5) is 0 Å². The van der Waals surface area contributed by atoms with Crippen LogP contribution in [0.15, 0.2) is 4.52 Å². The summed E-state index contributed by atoms with van der Waals surface area (Å²) >= 11 is 10.7. The Kier molecular flexibility index (Phi) is 6.06. The Hall–Kier alpha value is 2.26. The van der Waals surface area contributed by atoms with Crippen LogP contribution in [-0.4, -0.2) is 15.4 Å². The number of aromatic nitrogens is 2. The number of aryl methyl sites for hydroxylation is 1. The first kappa shape index (κ1) is 15.3. The molecule has 0 aromatic carbocycles. The van der Waals surface area contributed by atoms with Gasteiger partial charge >= 0.3 is 68.5 Å². The maximum absolute atomic E-state index is 4.98. The third-order valence-corrected chi connectivity index (χ3v) is 2.73. The summed E-state index contributed by atoms with van der Waals surface area (Å²) in [5.41, 5.74) is 0. The van der Waals surface area contributed by atoms with Gasteiger partial charge in [0.1, 0.15) is 4.32 Å². The van der Waals surface area contributed by atoms with Crippen LogP contribution in [0.2, 0.25) is 0 Å². The molecule has 1 heterocycles. The molecule has 1 aromatic rings. The minimum atomic E-state index is -1.22. The summed E-state index contributed by atoms with van der Waals surface area (Å²) in [5.74, 6) is 1.44. The first-order valence-corrected chi connectivity index (χ1v) is 19.3. The normalized spacial score (nSPS) is 17.9. The molecule has 3 nitrogen and oxygen atoms in total. The van der Waals surface area contributed by atoms with E-state index in [1.54, 1.807) is 0 Å². The van der Waals surface area contributed by atoms with Gasteiger partial charge < -0.3 is 4.52 Å². The van der Waals surface area contributed by atoms with Crippen LogP contribution in [-0.2, 0) is 7.67 Å². The van der Waals surface area contributed by atoms with Gasteiger partial charge in [0, 0.05) is 0 Å². The molecule has 0 atom stereocenters. The van der Waals surface area contributed by atoms with Gasteiger partial charge in [0.15, 0.2) is 5.82 Å². The Balaban J connectivity index is 0.000000195. The van der Waals surface area contributed by atoms with E-state index in [2.05, 4.69) is 91.2 Å². The van der Waals surface area contributed by atoms with Gasteiger partial charge in [0.25, 0.3) is 0 Å². The first-order chi connectivity index (χ1) is 6.71. The van der Waals surface area contributed by atoms with Crippen molar-refractivity contribution < 1.29 is 7.87 Å². The van der Waals surface area contributed by atoms with E-state index in [-0.39, 0.29) is 4.32 Å². The number of hydrogen-bond acceptors (Lipinski definition) is 3. The average Bonchev–Trinajstić information content (AvgIpc) is 2.59. The van der Waals surface area contributed by atoms with Crippen LogP contribution in [0, 0.1) is 6.92 Å². The zero-order chi connectivity index (χ0) is 11.7. The Morgan fingerprint density at radius 1 is 1.47 bits per heavy atom. The third-order valence-electron chi connectivity index (χ3n) is 1.60. The van der Waals surface area contributed by atoms with Crippen molar-refractivity contribution in [3.8, 4) is 0 Å². The topological polar surface area (TPSA) is 38.9 Å². The van der Waals surface area contributed by atoms with Crippen LogP contribution in [0.3, 0.4) is 0 Å². The van der Waals surface area contributed by atoms with E-state index in [4.69, 9.17) is 4.52 Å². The van der Waals surface area contributed by atoms with Crippen molar-refractivity contribution in [2.75, 3.05) is 0 Å². The predicted octanol–water partition coefficient (Wildman–Crippen LogP) is 4.38. The molecule has 0 bridgehead atoms. The molecule has 1 aromatic heterocycles. The van der Waals surface area contributed by atoms with Crippen molar-refractivity contribution in [3.05, 3.63) is 11.7 Å². The summed E-state index contributed by atoms with van der Waals surface area (Å²) in [7, 11) is 0. The fourth-order valence-electron chi connectivity index (χ4n) is 0.803. The van der Waals surface area contributed by atoms with Gasteiger partial charge in [-0.25, -0.2) is 0 Å². The van der Waals surface area contributed by atoms with E-state index in [9.17, 15) is 0 Å². The van der Waals surface area contributed by atoms with Gasteiger partial charge in [0.2, 0.25) is 5.89 Å². The Labute approximate surface area is 132 Å². The fraction of sp³-hybridized carbons (Fsp3) is 0.571. The molecule has 0 saturated heterocycles. The Morgan fingerprint density at radius 3 is 2.20 bits per heavy atom. The predicted molar refractivity (Wildman–Crippen MR) is 88.1 cm³/mol. The van der Waals surface area contributed by atoms with Crippen molar-refractivity contribution in [2.45, 2.75) is 24.1 Å². The van der Waals surface area contributed by atoms with Crippen molar-refractivity contribution >= 4 is 81.1 Å². The van der Waals surface area contributed by atoms with E-state index in [1.165, 1.54) is 0 Å². The van der Waals surface area contributed by atoms with Crippen LogP contribution in [0.1, 0.15) is 24.6 Å². The first-order valence-electron chi connectivity index (χ1n) is 4.03. The molecule has 86 valence electrons. The van der Waals surface area contributed by atoms with Crippen molar-refractivity contribution in [1.82, 2.24) is 10.1 Å². The molecule has 1 saturated carbocycles. The number of hydrogen-bond donors (Lipinski definition) is 0. The molecule has 0 unspecified atom stereocenters. The average molecular weight is 649 g/mol. The van der Waals surface area contributed by atoms with Crippen molar-refractivity contribution in [3.63, 3.8) is 0 Å². The second-order valence-electron chi connectivity index (χ2n) is 3.16. The molecule has 1 fully saturated rings. The quantitative estimate of drug-likeness (QED) is 0.336. The van der Waals surface area contributed by atoms with Crippen molar-refractivity contribution in [1.29, 1.82) is 0 Å². The molecule has 1 aliphatic rings. The number of rotatable bonds is 1. The van der Waals surface area contributed by atoms with Gasteiger partial charge in [-0.1, -0.05) is 21.1 Å². The Morgan fingerprint density at radius 2 is 1.93 bits per heavy atom. The fourth-order valence-corrected chi connectivity index (χ4v) is 1.16. The van der Waals surface area contributed by atoms with E-state index < -0.39 is 3.34 Å².